The average molecular weight is 183 g/mol. The second-order valence-corrected chi connectivity index (χ2v) is 5.11. The molecule has 1 aliphatic rings. The minimum absolute atomic E-state index is 0.822. The molecule has 2 atom stereocenters. The molecule has 1 heteroatoms. The number of hydrogen-bond acceptors (Lipinski definition) is 1. The van der Waals surface area contributed by atoms with Gasteiger partial charge in [0.05, 0.1) is 0 Å². The van der Waals surface area contributed by atoms with Crippen LogP contribution in [0, 0.1) is 11.8 Å². The zero-order valence-corrected chi connectivity index (χ0v) is 9.47. The molecule has 0 aromatic rings. The Bertz CT molecular complexity index is 131. The predicted octanol–water partition coefficient (Wildman–Crippen LogP) is 3.20. The van der Waals surface area contributed by atoms with Crippen molar-refractivity contribution in [1.29, 1.82) is 0 Å². The summed E-state index contributed by atoms with van der Waals surface area (Å²) in [5, 5.41) is 3.68. The first-order chi connectivity index (χ1) is 6.18. The van der Waals surface area contributed by atoms with Gasteiger partial charge in [0, 0.05) is 6.04 Å². The van der Waals surface area contributed by atoms with Gasteiger partial charge >= 0.3 is 0 Å². The summed E-state index contributed by atoms with van der Waals surface area (Å²) in [5.41, 5.74) is 0. The first-order valence-electron chi connectivity index (χ1n) is 5.92. The van der Waals surface area contributed by atoms with E-state index >= 15 is 0 Å². The second kappa shape index (κ2) is 5.64. The molecule has 1 nitrogen and oxygen atoms in total. The minimum Gasteiger partial charge on any atom is -0.314 e. The lowest BCUT2D eigenvalue weighted by Crippen LogP contribution is -2.34. The first-order valence-corrected chi connectivity index (χ1v) is 5.92. The Kier molecular flexibility index (Phi) is 4.79. The summed E-state index contributed by atoms with van der Waals surface area (Å²) in [4.78, 5) is 0. The minimum atomic E-state index is 0.822. The van der Waals surface area contributed by atoms with E-state index in [2.05, 4.69) is 26.1 Å². The summed E-state index contributed by atoms with van der Waals surface area (Å²) in [6.07, 6.45) is 7.01. The highest BCUT2D eigenvalue weighted by Crippen LogP contribution is 2.23. The smallest absolute Gasteiger partial charge is 0.00696 e. The van der Waals surface area contributed by atoms with E-state index in [1.165, 1.54) is 38.6 Å². The Balaban J connectivity index is 2.06. The summed E-state index contributed by atoms with van der Waals surface area (Å²) in [5.74, 6) is 1.79. The van der Waals surface area contributed by atoms with Crippen LogP contribution in [-0.2, 0) is 0 Å². The molecule has 0 unspecified atom stereocenters. The van der Waals surface area contributed by atoms with E-state index in [0.29, 0.717) is 0 Å². The van der Waals surface area contributed by atoms with Crippen molar-refractivity contribution in [3.8, 4) is 0 Å². The number of rotatable bonds is 4. The van der Waals surface area contributed by atoms with E-state index in [4.69, 9.17) is 0 Å². The predicted molar refractivity (Wildman–Crippen MR) is 58.9 cm³/mol. The van der Waals surface area contributed by atoms with Crippen LogP contribution >= 0.6 is 0 Å². The van der Waals surface area contributed by atoms with E-state index in [-0.39, 0.29) is 0 Å². The Morgan fingerprint density at radius 2 is 2.08 bits per heavy atom. The molecule has 0 aliphatic heterocycles. The fourth-order valence-corrected chi connectivity index (χ4v) is 2.20. The molecular weight excluding hydrogens is 158 g/mol. The SMILES string of the molecule is CC(C)CCN[C@H]1CCC[C@H](C)C1. The molecule has 1 saturated carbocycles. The second-order valence-electron chi connectivity index (χ2n) is 5.11. The lowest BCUT2D eigenvalue weighted by molar-refractivity contribution is 0.297. The third kappa shape index (κ3) is 4.66. The molecule has 0 aromatic carbocycles. The monoisotopic (exact) mass is 183 g/mol. The molecule has 78 valence electrons. The van der Waals surface area contributed by atoms with Crippen LogP contribution in [0.2, 0.25) is 0 Å². The van der Waals surface area contributed by atoms with Crippen LogP contribution in [0.3, 0.4) is 0 Å². The van der Waals surface area contributed by atoms with Gasteiger partial charge in [0.2, 0.25) is 0 Å². The maximum absolute atomic E-state index is 3.68. The molecule has 1 aliphatic carbocycles. The zero-order chi connectivity index (χ0) is 9.68. The van der Waals surface area contributed by atoms with Crippen LogP contribution in [0.15, 0.2) is 0 Å². The molecule has 0 bridgehead atoms. The van der Waals surface area contributed by atoms with Gasteiger partial charge in [0.1, 0.15) is 0 Å². The van der Waals surface area contributed by atoms with E-state index in [0.717, 1.165) is 17.9 Å². The Labute approximate surface area is 83.3 Å². The fraction of sp³-hybridized carbons (Fsp3) is 1.00. The largest absolute Gasteiger partial charge is 0.314 e. The Hall–Kier alpha value is -0.0400. The highest BCUT2D eigenvalue weighted by Gasteiger charge is 2.17. The van der Waals surface area contributed by atoms with E-state index in [1.807, 2.05) is 0 Å². The number of nitrogens with one attached hydrogen (secondary N) is 1. The first kappa shape index (κ1) is 11.0. The molecule has 0 amide bonds. The van der Waals surface area contributed by atoms with Gasteiger partial charge in [-0.05, 0) is 37.6 Å². The molecule has 1 fully saturated rings. The maximum atomic E-state index is 3.68. The third-order valence-electron chi connectivity index (χ3n) is 3.09. The van der Waals surface area contributed by atoms with Crippen molar-refractivity contribution >= 4 is 0 Å². The van der Waals surface area contributed by atoms with Gasteiger partial charge < -0.3 is 5.32 Å². The van der Waals surface area contributed by atoms with Gasteiger partial charge in [-0.15, -0.1) is 0 Å². The van der Waals surface area contributed by atoms with Crippen molar-refractivity contribution in [2.75, 3.05) is 6.54 Å². The summed E-state index contributed by atoms with van der Waals surface area (Å²) in [6, 6.07) is 0.822. The lowest BCUT2D eigenvalue weighted by Gasteiger charge is -2.27. The van der Waals surface area contributed by atoms with Crippen molar-refractivity contribution in [3.05, 3.63) is 0 Å². The summed E-state index contributed by atoms with van der Waals surface area (Å²) in [6.45, 7) is 8.20. The summed E-state index contributed by atoms with van der Waals surface area (Å²) in [7, 11) is 0. The van der Waals surface area contributed by atoms with Crippen molar-refractivity contribution in [3.63, 3.8) is 0 Å². The van der Waals surface area contributed by atoms with Gasteiger partial charge in [0.25, 0.3) is 0 Å². The normalized spacial score (nSPS) is 29.5. The summed E-state index contributed by atoms with van der Waals surface area (Å²) >= 11 is 0. The van der Waals surface area contributed by atoms with Gasteiger partial charge in [-0.1, -0.05) is 33.6 Å². The zero-order valence-electron chi connectivity index (χ0n) is 9.47. The molecule has 0 radical (unpaired) electrons. The van der Waals surface area contributed by atoms with Crippen molar-refractivity contribution in [2.45, 2.75) is 58.9 Å². The maximum Gasteiger partial charge on any atom is 0.00696 e. The van der Waals surface area contributed by atoms with Gasteiger partial charge in [-0.2, -0.15) is 0 Å². The van der Waals surface area contributed by atoms with Crippen LogP contribution < -0.4 is 5.32 Å². The Morgan fingerprint density at radius 1 is 1.31 bits per heavy atom. The van der Waals surface area contributed by atoms with Crippen LogP contribution in [0.4, 0.5) is 0 Å². The van der Waals surface area contributed by atoms with Crippen LogP contribution in [0.1, 0.15) is 52.9 Å². The highest BCUT2D eigenvalue weighted by atomic mass is 14.9. The molecule has 13 heavy (non-hydrogen) atoms. The van der Waals surface area contributed by atoms with Gasteiger partial charge in [-0.3, -0.25) is 0 Å². The van der Waals surface area contributed by atoms with E-state index in [9.17, 15) is 0 Å². The molecular formula is C12H25N. The molecule has 0 saturated heterocycles. The topological polar surface area (TPSA) is 12.0 Å². The molecule has 1 N–H and O–H groups in total. The number of hydrogen-bond donors (Lipinski definition) is 1. The van der Waals surface area contributed by atoms with Crippen molar-refractivity contribution in [2.24, 2.45) is 11.8 Å². The van der Waals surface area contributed by atoms with Gasteiger partial charge in [-0.25, -0.2) is 0 Å². The molecule has 0 aromatic heterocycles. The van der Waals surface area contributed by atoms with Crippen LogP contribution in [0.25, 0.3) is 0 Å². The third-order valence-corrected chi connectivity index (χ3v) is 3.09. The Morgan fingerprint density at radius 3 is 2.69 bits per heavy atom. The lowest BCUT2D eigenvalue weighted by atomic mass is 9.87. The quantitative estimate of drug-likeness (QED) is 0.706. The van der Waals surface area contributed by atoms with E-state index in [1.54, 1.807) is 0 Å². The summed E-state index contributed by atoms with van der Waals surface area (Å²) < 4.78 is 0. The fourth-order valence-electron chi connectivity index (χ4n) is 2.20. The van der Waals surface area contributed by atoms with Crippen LogP contribution in [0.5, 0.6) is 0 Å². The average Bonchev–Trinajstić information content (AvgIpc) is 2.03. The molecule has 1 rings (SSSR count). The van der Waals surface area contributed by atoms with Gasteiger partial charge in [0.15, 0.2) is 0 Å². The molecule has 0 spiro atoms. The van der Waals surface area contributed by atoms with Crippen molar-refractivity contribution < 1.29 is 0 Å². The molecule has 0 heterocycles. The highest BCUT2D eigenvalue weighted by molar-refractivity contribution is 4.75. The van der Waals surface area contributed by atoms with Crippen LogP contribution in [-0.4, -0.2) is 12.6 Å². The van der Waals surface area contributed by atoms with Crippen molar-refractivity contribution in [1.82, 2.24) is 5.32 Å². The van der Waals surface area contributed by atoms with E-state index < -0.39 is 0 Å². The standard InChI is InChI=1S/C12H25N/c1-10(2)7-8-13-12-6-4-5-11(3)9-12/h10-13H,4-9H2,1-3H3/t11-,12-/m0/s1.